The number of hydrogen-bond donors (Lipinski definition) is 0. The molecule has 1 aromatic rings. The molecule has 0 amide bonds. The van der Waals surface area contributed by atoms with Gasteiger partial charge in [-0.1, -0.05) is 45.0 Å². The van der Waals surface area contributed by atoms with Crippen LogP contribution >= 0.6 is 11.6 Å². The van der Waals surface area contributed by atoms with E-state index in [0.29, 0.717) is 5.92 Å². The third-order valence-electron chi connectivity index (χ3n) is 4.50. The fourth-order valence-corrected chi connectivity index (χ4v) is 2.94. The first kappa shape index (κ1) is 14.9. The maximum atomic E-state index is 6.61. The molecule has 19 heavy (non-hydrogen) atoms. The van der Waals surface area contributed by atoms with Crippen molar-refractivity contribution in [3.63, 3.8) is 0 Å². The maximum Gasteiger partial charge on any atom is 0.0635 e. The minimum atomic E-state index is 0.0825. The van der Waals surface area contributed by atoms with E-state index in [2.05, 4.69) is 45.0 Å². The van der Waals surface area contributed by atoms with Gasteiger partial charge in [-0.15, -0.1) is 11.6 Å². The van der Waals surface area contributed by atoms with Gasteiger partial charge in [-0.3, -0.25) is 0 Å². The van der Waals surface area contributed by atoms with Crippen LogP contribution in [0.3, 0.4) is 0 Å². The van der Waals surface area contributed by atoms with Gasteiger partial charge in [0, 0.05) is 12.5 Å². The van der Waals surface area contributed by atoms with Crippen LogP contribution < -0.4 is 0 Å². The molecule has 1 aliphatic heterocycles. The second-order valence-electron chi connectivity index (χ2n) is 6.24. The molecular formula is C17H25ClO. The summed E-state index contributed by atoms with van der Waals surface area (Å²) in [5, 5.41) is 0.0825. The molecule has 2 unspecified atom stereocenters. The van der Waals surface area contributed by atoms with Crippen molar-refractivity contribution in [2.75, 3.05) is 13.2 Å². The lowest BCUT2D eigenvalue weighted by molar-refractivity contribution is 0.0531. The Bertz CT molecular complexity index is 390. The van der Waals surface area contributed by atoms with E-state index in [1.165, 1.54) is 17.5 Å². The van der Waals surface area contributed by atoms with Crippen molar-refractivity contribution < 1.29 is 4.74 Å². The Morgan fingerprint density at radius 1 is 1.32 bits per heavy atom. The summed E-state index contributed by atoms with van der Waals surface area (Å²) >= 11 is 6.61. The first-order valence-electron chi connectivity index (χ1n) is 7.37. The van der Waals surface area contributed by atoms with E-state index in [9.17, 15) is 0 Å². The Balaban J connectivity index is 2.09. The highest BCUT2D eigenvalue weighted by Crippen LogP contribution is 2.35. The van der Waals surface area contributed by atoms with Crippen molar-refractivity contribution in [1.29, 1.82) is 0 Å². The molecule has 1 fully saturated rings. The zero-order valence-electron chi connectivity index (χ0n) is 12.3. The summed E-state index contributed by atoms with van der Waals surface area (Å²) < 4.78 is 5.54. The Morgan fingerprint density at radius 3 is 2.53 bits per heavy atom. The van der Waals surface area contributed by atoms with Gasteiger partial charge in [0.2, 0.25) is 0 Å². The lowest BCUT2D eigenvalue weighted by atomic mass is 9.81. The fourth-order valence-electron chi connectivity index (χ4n) is 2.59. The number of benzene rings is 1. The van der Waals surface area contributed by atoms with Crippen molar-refractivity contribution in [2.24, 2.45) is 5.92 Å². The lowest BCUT2D eigenvalue weighted by Gasteiger charge is -2.27. The van der Waals surface area contributed by atoms with Gasteiger partial charge >= 0.3 is 0 Å². The quantitative estimate of drug-likeness (QED) is 0.699. The highest BCUT2D eigenvalue weighted by atomic mass is 35.5. The Labute approximate surface area is 122 Å². The largest absolute Gasteiger partial charge is 0.381 e. The van der Waals surface area contributed by atoms with Crippen molar-refractivity contribution in [1.82, 2.24) is 0 Å². The van der Waals surface area contributed by atoms with E-state index < -0.39 is 0 Å². The van der Waals surface area contributed by atoms with Crippen LogP contribution in [0.1, 0.15) is 56.5 Å². The average molecular weight is 281 g/mol. The number of alkyl halides is 1. The van der Waals surface area contributed by atoms with Gasteiger partial charge in [0.05, 0.1) is 12.0 Å². The number of hydrogen-bond acceptors (Lipinski definition) is 1. The molecule has 2 heteroatoms. The lowest BCUT2D eigenvalue weighted by Crippen LogP contribution is -2.21. The topological polar surface area (TPSA) is 9.23 Å². The summed E-state index contributed by atoms with van der Waals surface area (Å²) in [5.74, 6) is 0.459. The maximum absolute atomic E-state index is 6.61. The predicted molar refractivity (Wildman–Crippen MR) is 81.9 cm³/mol. The third-order valence-corrected chi connectivity index (χ3v) is 5.11. The zero-order valence-corrected chi connectivity index (χ0v) is 13.0. The van der Waals surface area contributed by atoms with Gasteiger partial charge in [0.1, 0.15) is 0 Å². The Morgan fingerprint density at radius 2 is 2.00 bits per heavy atom. The van der Waals surface area contributed by atoms with Crippen LogP contribution in [-0.2, 0) is 10.2 Å². The minimum Gasteiger partial charge on any atom is -0.381 e. The van der Waals surface area contributed by atoms with E-state index in [0.717, 1.165) is 26.1 Å². The Kier molecular flexibility index (Phi) is 4.92. The molecule has 0 radical (unpaired) electrons. The van der Waals surface area contributed by atoms with Gasteiger partial charge in [0.25, 0.3) is 0 Å². The summed E-state index contributed by atoms with van der Waals surface area (Å²) in [7, 11) is 0. The van der Waals surface area contributed by atoms with Crippen LogP contribution in [-0.4, -0.2) is 13.2 Å². The SMILES string of the molecule is CCC(C)(C)c1ccc(C(Cl)C2CCCOC2)cc1. The Hall–Kier alpha value is -0.530. The second kappa shape index (κ2) is 6.28. The van der Waals surface area contributed by atoms with Gasteiger partial charge in [-0.25, -0.2) is 0 Å². The van der Waals surface area contributed by atoms with Gasteiger partial charge in [-0.2, -0.15) is 0 Å². The molecule has 1 aliphatic rings. The summed E-state index contributed by atoms with van der Waals surface area (Å²) in [4.78, 5) is 0. The monoisotopic (exact) mass is 280 g/mol. The minimum absolute atomic E-state index is 0.0825. The first-order valence-corrected chi connectivity index (χ1v) is 7.80. The molecule has 2 rings (SSSR count). The van der Waals surface area contributed by atoms with Crippen LogP contribution in [0.25, 0.3) is 0 Å². The third kappa shape index (κ3) is 3.52. The van der Waals surface area contributed by atoms with Gasteiger partial charge < -0.3 is 4.74 Å². The van der Waals surface area contributed by atoms with Crippen LogP contribution in [0.2, 0.25) is 0 Å². The molecule has 106 valence electrons. The first-order chi connectivity index (χ1) is 9.04. The van der Waals surface area contributed by atoms with Crippen LogP contribution in [0, 0.1) is 5.92 Å². The molecule has 1 aromatic carbocycles. The molecule has 1 heterocycles. The van der Waals surface area contributed by atoms with E-state index in [1.54, 1.807) is 0 Å². The molecular weight excluding hydrogens is 256 g/mol. The van der Waals surface area contributed by atoms with E-state index in [4.69, 9.17) is 16.3 Å². The normalized spacial score (nSPS) is 22.2. The predicted octanol–water partition coefficient (Wildman–Crippen LogP) is 5.08. The molecule has 0 N–H and O–H groups in total. The number of rotatable bonds is 4. The van der Waals surface area contributed by atoms with Gasteiger partial charge in [0.15, 0.2) is 0 Å². The number of ether oxygens (including phenoxy) is 1. The summed E-state index contributed by atoms with van der Waals surface area (Å²) in [6.45, 7) is 8.50. The standard InChI is InChI=1S/C17H25ClO/c1-4-17(2,3)15-9-7-13(8-10-15)16(18)14-6-5-11-19-12-14/h7-10,14,16H,4-6,11-12H2,1-3H3. The van der Waals surface area contributed by atoms with Crippen molar-refractivity contribution in [3.05, 3.63) is 35.4 Å². The molecule has 0 spiro atoms. The fraction of sp³-hybridized carbons (Fsp3) is 0.647. The molecule has 2 atom stereocenters. The molecule has 0 bridgehead atoms. The van der Waals surface area contributed by atoms with E-state index in [1.807, 2.05) is 0 Å². The molecule has 0 aromatic heterocycles. The molecule has 0 saturated carbocycles. The van der Waals surface area contributed by atoms with E-state index in [-0.39, 0.29) is 10.8 Å². The van der Waals surface area contributed by atoms with Crippen molar-refractivity contribution in [2.45, 2.75) is 50.8 Å². The van der Waals surface area contributed by atoms with Crippen molar-refractivity contribution in [3.8, 4) is 0 Å². The molecule has 1 saturated heterocycles. The van der Waals surface area contributed by atoms with Crippen molar-refractivity contribution >= 4 is 11.6 Å². The summed E-state index contributed by atoms with van der Waals surface area (Å²) in [6, 6.07) is 8.85. The average Bonchev–Trinajstić information content (AvgIpc) is 2.47. The summed E-state index contributed by atoms with van der Waals surface area (Å²) in [6.07, 6.45) is 3.46. The van der Waals surface area contributed by atoms with Gasteiger partial charge in [-0.05, 0) is 35.8 Å². The van der Waals surface area contributed by atoms with Crippen LogP contribution in [0.5, 0.6) is 0 Å². The molecule has 1 nitrogen and oxygen atoms in total. The van der Waals surface area contributed by atoms with E-state index >= 15 is 0 Å². The van der Waals surface area contributed by atoms with Crippen LogP contribution in [0.15, 0.2) is 24.3 Å². The number of halogens is 1. The second-order valence-corrected chi connectivity index (χ2v) is 6.71. The van der Waals surface area contributed by atoms with Crippen LogP contribution in [0.4, 0.5) is 0 Å². The zero-order chi connectivity index (χ0) is 13.9. The summed E-state index contributed by atoms with van der Waals surface area (Å²) in [5.41, 5.74) is 2.87. The highest BCUT2D eigenvalue weighted by Gasteiger charge is 2.24. The smallest absolute Gasteiger partial charge is 0.0635 e. The molecule has 0 aliphatic carbocycles. The highest BCUT2D eigenvalue weighted by molar-refractivity contribution is 6.21.